The van der Waals surface area contributed by atoms with Crippen LogP contribution < -0.4 is 9.47 Å². The highest BCUT2D eigenvalue weighted by Crippen LogP contribution is 2.33. The summed E-state index contributed by atoms with van der Waals surface area (Å²) in [7, 11) is 0. The number of hydrogen-bond acceptors (Lipinski definition) is 6. The Hall–Kier alpha value is -2.48. The third kappa shape index (κ3) is 4.42. The van der Waals surface area contributed by atoms with E-state index in [9.17, 15) is 9.59 Å². The average molecular weight is 404 g/mol. The largest absolute Gasteiger partial charge is 0.454 e. The number of benzene rings is 1. The second kappa shape index (κ2) is 8.90. The van der Waals surface area contributed by atoms with Crippen LogP contribution in [0.3, 0.4) is 0 Å². The van der Waals surface area contributed by atoms with Crippen LogP contribution in [0.15, 0.2) is 18.2 Å². The van der Waals surface area contributed by atoms with E-state index in [2.05, 4.69) is 0 Å². The van der Waals surface area contributed by atoms with E-state index < -0.39 is 0 Å². The Morgan fingerprint density at radius 3 is 2.69 bits per heavy atom. The molecule has 0 spiro atoms. The number of carbonyl (C=O) groups is 2. The molecule has 3 aliphatic rings. The van der Waals surface area contributed by atoms with Gasteiger partial charge in [-0.05, 0) is 50.3 Å². The number of nitrogens with zero attached hydrogens (tertiary/aromatic N) is 2. The predicted molar refractivity (Wildman–Crippen MR) is 104 cm³/mol. The van der Waals surface area contributed by atoms with Gasteiger partial charge in [0.15, 0.2) is 11.5 Å². The van der Waals surface area contributed by atoms with Crippen molar-refractivity contribution in [2.24, 2.45) is 0 Å². The predicted octanol–water partition coefficient (Wildman–Crippen LogP) is 2.54. The molecule has 3 heterocycles. The lowest BCUT2D eigenvalue weighted by molar-refractivity contribution is -0.145. The number of ether oxygens (including phenoxy) is 4. The zero-order valence-corrected chi connectivity index (χ0v) is 16.8. The summed E-state index contributed by atoms with van der Waals surface area (Å²) < 4.78 is 21.6. The van der Waals surface area contributed by atoms with Crippen molar-refractivity contribution in [1.82, 2.24) is 9.80 Å². The lowest BCUT2D eigenvalue weighted by Crippen LogP contribution is -2.51. The Morgan fingerprint density at radius 2 is 1.97 bits per heavy atom. The van der Waals surface area contributed by atoms with Gasteiger partial charge >= 0.3 is 6.09 Å². The molecule has 0 unspecified atom stereocenters. The van der Waals surface area contributed by atoms with Gasteiger partial charge in [0.05, 0.1) is 6.61 Å². The van der Waals surface area contributed by atoms with Gasteiger partial charge in [-0.2, -0.15) is 0 Å². The smallest absolute Gasteiger partial charge is 0.409 e. The van der Waals surface area contributed by atoms with Crippen molar-refractivity contribution in [2.75, 3.05) is 33.1 Å². The average Bonchev–Trinajstić information content (AvgIpc) is 3.43. The maximum absolute atomic E-state index is 13.2. The lowest BCUT2D eigenvalue weighted by atomic mass is 10.0. The van der Waals surface area contributed by atoms with E-state index >= 15 is 0 Å². The molecule has 158 valence electrons. The second-order valence-electron chi connectivity index (χ2n) is 7.57. The van der Waals surface area contributed by atoms with Crippen LogP contribution in [0, 0.1) is 0 Å². The van der Waals surface area contributed by atoms with Crippen molar-refractivity contribution in [2.45, 2.75) is 51.3 Å². The van der Waals surface area contributed by atoms with E-state index in [0.29, 0.717) is 38.6 Å². The fraction of sp³-hybridized carbons (Fsp3) is 0.619. The van der Waals surface area contributed by atoms with Crippen LogP contribution in [0.5, 0.6) is 11.5 Å². The highest BCUT2D eigenvalue weighted by molar-refractivity contribution is 5.81. The minimum absolute atomic E-state index is 0.0368. The van der Waals surface area contributed by atoms with Gasteiger partial charge in [-0.1, -0.05) is 6.07 Å². The number of piperidine rings is 1. The van der Waals surface area contributed by atoms with E-state index in [-0.39, 0.29) is 30.9 Å². The first-order valence-corrected chi connectivity index (χ1v) is 10.4. The molecule has 1 aromatic rings. The highest BCUT2D eigenvalue weighted by Gasteiger charge is 2.35. The lowest BCUT2D eigenvalue weighted by Gasteiger charge is -2.39. The molecule has 2 saturated heterocycles. The van der Waals surface area contributed by atoms with E-state index in [1.165, 1.54) is 0 Å². The Morgan fingerprint density at radius 1 is 1.17 bits per heavy atom. The maximum atomic E-state index is 13.2. The van der Waals surface area contributed by atoms with Crippen molar-refractivity contribution in [1.29, 1.82) is 0 Å². The van der Waals surface area contributed by atoms with Crippen LogP contribution in [0.1, 0.15) is 38.2 Å². The molecule has 3 aliphatic heterocycles. The van der Waals surface area contributed by atoms with Crippen LogP contribution in [-0.4, -0.2) is 67.0 Å². The highest BCUT2D eigenvalue weighted by atomic mass is 16.7. The van der Waals surface area contributed by atoms with Gasteiger partial charge in [0, 0.05) is 32.3 Å². The molecular formula is C21H28N2O6. The molecule has 0 radical (unpaired) electrons. The van der Waals surface area contributed by atoms with Crippen molar-refractivity contribution in [3.8, 4) is 11.5 Å². The van der Waals surface area contributed by atoms with Crippen molar-refractivity contribution >= 4 is 12.0 Å². The standard InChI is InChI=1S/C21H28N2O6/c1-2-26-21(25)22-9-7-16(8-10-22)23(20(24)18-4-3-11-27-18)13-15-5-6-17-19(12-15)29-14-28-17/h5-6,12,16,18H,2-4,7-11,13-14H2,1H3/t18-/m1/s1. The SMILES string of the molecule is CCOC(=O)N1CCC(N(Cc2ccc3c(c2)OCO3)C(=O)[C@H]2CCCO2)CC1. The van der Waals surface area contributed by atoms with Gasteiger partial charge in [-0.25, -0.2) is 4.79 Å². The molecule has 0 aliphatic carbocycles. The molecule has 2 fully saturated rings. The number of amides is 2. The van der Waals surface area contributed by atoms with E-state index in [0.717, 1.165) is 37.0 Å². The first kappa shape index (κ1) is 19.8. The van der Waals surface area contributed by atoms with Gasteiger partial charge < -0.3 is 28.7 Å². The molecular weight excluding hydrogens is 376 g/mol. The number of likely N-dealkylation sites (tertiary alicyclic amines) is 1. The van der Waals surface area contributed by atoms with Crippen LogP contribution in [0.2, 0.25) is 0 Å². The molecule has 0 aromatic heterocycles. The minimum Gasteiger partial charge on any atom is -0.454 e. The number of rotatable bonds is 5. The summed E-state index contributed by atoms with van der Waals surface area (Å²) in [6, 6.07) is 5.85. The Bertz CT molecular complexity index is 741. The number of carbonyl (C=O) groups excluding carboxylic acids is 2. The first-order chi connectivity index (χ1) is 14.2. The zero-order valence-electron chi connectivity index (χ0n) is 16.8. The Labute approximate surface area is 170 Å². The Balaban J connectivity index is 1.47. The van der Waals surface area contributed by atoms with Crippen LogP contribution >= 0.6 is 0 Å². The quantitative estimate of drug-likeness (QED) is 0.751. The molecule has 4 rings (SSSR count). The van der Waals surface area contributed by atoms with Gasteiger partial charge in [-0.15, -0.1) is 0 Å². The van der Waals surface area contributed by atoms with Gasteiger partial charge in [0.25, 0.3) is 5.91 Å². The molecule has 29 heavy (non-hydrogen) atoms. The van der Waals surface area contributed by atoms with Gasteiger partial charge in [0.2, 0.25) is 6.79 Å². The summed E-state index contributed by atoms with van der Waals surface area (Å²) in [5.41, 5.74) is 0.994. The molecule has 0 saturated carbocycles. The molecule has 1 atom stereocenters. The summed E-state index contributed by atoms with van der Waals surface area (Å²) in [6.07, 6.45) is 2.48. The summed E-state index contributed by atoms with van der Waals surface area (Å²) >= 11 is 0. The first-order valence-electron chi connectivity index (χ1n) is 10.4. The van der Waals surface area contributed by atoms with Crippen molar-refractivity contribution in [3.05, 3.63) is 23.8 Å². The molecule has 8 heteroatoms. The monoisotopic (exact) mass is 404 g/mol. The fourth-order valence-electron chi connectivity index (χ4n) is 4.16. The summed E-state index contributed by atoms with van der Waals surface area (Å²) in [5, 5.41) is 0. The minimum atomic E-state index is -0.368. The molecule has 0 bridgehead atoms. The van der Waals surface area contributed by atoms with E-state index in [1.54, 1.807) is 11.8 Å². The zero-order chi connectivity index (χ0) is 20.2. The van der Waals surface area contributed by atoms with Crippen molar-refractivity contribution in [3.63, 3.8) is 0 Å². The fourth-order valence-corrected chi connectivity index (χ4v) is 4.16. The van der Waals surface area contributed by atoms with E-state index in [1.807, 2.05) is 23.1 Å². The second-order valence-corrected chi connectivity index (χ2v) is 7.57. The van der Waals surface area contributed by atoms with Gasteiger partial charge in [0.1, 0.15) is 6.10 Å². The van der Waals surface area contributed by atoms with Crippen LogP contribution in [-0.2, 0) is 20.8 Å². The number of fused-ring (bicyclic) bond motifs is 1. The van der Waals surface area contributed by atoms with Crippen LogP contribution in [0.4, 0.5) is 4.79 Å². The van der Waals surface area contributed by atoms with Crippen molar-refractivity contribution < 1.29 is 28.5 Å². The third-order valence-corrected chi connectivity index (χ3v) is 5.71. The summed E-state index contributed by atoms with van der Waals surface area (Å²) in [4.78, 5) is 28.9. The Kier molecular flexibility index (Phi) is 6.08. The summed E-state index contributed by atoms with van der Waals surface area (Å²) in [6.45, 7) is 4.68. The molecule has 2 amide bonds. The van der Waals surface area contributed by atoms with Gasteiger partial charge in [-0.3, -0.25) is 4.79 Å². The topological polar surface area (TPSA) is 77.5 Å². The molecule has 1 aromatic carbocycles. The normalized spacial score (nSPS) is 21.3. The summed E-state index contributed by atoms with van der Waals surface area (Å²) in [5.74, 6) is 1.48. The third-order valence-electron chi connectivity index (χ3n) is 5.71. The molecule has 0 N–H and O–H groups in total. The maximum Gasteiger partial charge on any atom is 0.409 e. The number of hydrogen-bond donors (Lipinski definition) is 0. The van der Waals surface area contributed by atoms with Crippen LogP contribution in [0.25, 0.3) is 0 Å². The van der Waals surface area contributed by atoms with E-state index in [4.69, 9.17) is 18.9 Å². The molecule has 8 nitrogen and oxygen atoms in total.